The van der Waals surface area contributed by atoms with E-state index in [0.717, 1.165) is 12.1 Å². The minimum absolute atomic E-state index is 0.957. The number of hydrogen-bond donors (Lipinski definition) is 0. The van der Waals surface area contributed by atoms with Gasteiger partial charge in [0, 0.05) is 5.71 Å². The maximum atomic E-state index is 4.15. The molecule has 0 saturated heterocycles. The zero-order chi connectivity index (χ0) is 7.40. The number of rotatable bonds is 2. The van der Waals surface area contributed by atoms with Gasteiger partial charge < -0.3 is 0 Å². The van der Waals surface area contributed by atoms with Crippen LogP contribution in [0.4, 0.5) is 0 Å². The van der Waals surface area contributed by atoms with Gasteiger partial charge in [-0.2, -0.15) is 5.10 Å². The average Bonchev–Trinajstić information content (AvgIpc) is 2.40. The van der Waals surface area contributed by atoms with Crippen LogP contribution in [0.3, 0.4) is 0 Å². The highest BCUT2D eigenvalue weighted by molar-refractivity contribution is 5.81. The predicted molar refractivity (Wildman–Crippen MR) is 38.8 cm³/mol. The van der Waals surface area contributed by atoms with Gasteiger partial charge in [0.25, 0.3) is 0 Å². The van der Waals surface area contributed by atoms with Crippen molar-refractivity contribution in [3.8, 4) is 0 Å². The lowest BCUT2D eigenvalue weighted by atomic mass is 10.3. The zero-order valence-corrected chi connectivity index (χ0v) is 6.15. The molecule has 1 aromatic rings. The molecule has 10 heavy (non-hydrogen) atoms. The molecule has 0 aliphatic heterocycles. The van der Waals surface area contributed by atoms with E-state index in [1.165, 1.54) is 0 Å². The molecule has 0 unspecified atom stereocenters. The third-order valence-corrected chi connectivity index (χ3v) is 1.20. The molecule has 0 amide bonds. The maximum absolute atomic E-state index is 4.15. The summed E-state index contributed by atoms with van der Waals surface area (Å²) in [6, 6.07) is 0. The predicted octanol–water partition coefficient (Wildman–Crippen LogP) is 0.912. The van der Waals surface area contributed by atoms with Crippen molar-refractivity contribution in [2.75, 3.05) is 0 Å². The van der Waals surface area contributed by atoms with Gasteiger partial charge in [-0.25, -0.2) is 4.68 Å². The molecule has 0 N–H and O–H groups in total. The van der Waals surface area contributed by atoms with E-state index in [9.17, 15) is 0 Å². The third kappa shape index (κ3) is 1.65. The molecular formula is C6H10N4. The Morgan fingerprint density at radius 2 is 2.10 bits per heavy atom. The molecule has 0 fully saturated rings. The van der Waals surface area contributed by atoms with Gasteiger partial charge in [-0.1, -0.05) is 6.92 Å². The average molecular weight is 138 g/mol. The van der Waals surface area contributed by atoms with Crippen LogP contribution in [0.2, 0.25) is 0 Å². The Balaban J connectivity index is 2.71. The van der Waals surface area contributed by atoms with Crippen molar-refractivity contribution in [2.45, 2.75) is 20.3 Å². The van der Waals surface area contributed by atoms with Crippen LogP contribution in [0.1, 0.15) is 20.3 Å². The molecule has 0 spiro atoms. The molecule has 0 aliphatic rings. The summed E-state index contributed by atoms with van der Waals surface area (Å²) in [5.74, 6) is 0. The first-order chi connectivity index (χ1) is 4.83. The van der Waals surface area contributed by atoms with Crippen molar-refractivity contribution in [1.29, 1.82) is 0 Å². The quantitative estimate of drug-likeness (QED) is 0.570. The van der Waals surface area contributed by atoms with Crippen LogP contribution in [0.15, 0.2) is 17.8 Å². The Morgan fingerprint density at radius 3 is 2.60 bits per heavy atom. The summed E-state index contributed by atoms with van der Waals surface area (Å²) >= 11 is 0. The SMILES string of the molecule is CC/C(C)=N\n1cnnc1. The van der Waals surface area contributed by atoms with E-state index >= 15 is 0 Å². The molecule has 0 bridgehead atoms. The Kier molecular flexibility index (Phi) is 2.15. The van der Waals surface area contributed by atoms with E-state index in [4.69, 9.17) is 0 Å². The molecule has 0 saturated carbocycles. The van der Waals surface area contributed by atoms with Crippen molar-refractivity contribution in [3.63, 3.8) is 0 Å². The number of hydrogen-bond acceptors (Lipinski definition) is 3. The lowest BCUT2D eigenvalue weighted by Crippen LogP contribution is -1.92. The molecule has 4 nitrogen and oxygen atoms in total. The van der Waals surface area contributed by atoms with Crippen LogP contribution in [0.5, 0.6) is 0 Å². The second-order valence-electron chi connectivity index (χ2n) is 2.03. The Hall–Kier alpha value is -1.19. The molecular weight excluding hydrogens is 128 g/mol. The highest BCUT2D eigenvalue weighted by atomic mass is 15.4. The summed E-state index contributed by atoms with van der Waals surface area (Å²) < 4.78 is 1.60. The highest BCUT2D eigenvalue weighted by Gasteiger charge is 1.86. The van der Waals surface area contributed by atoms with Gasteiger partial charge >= 0.3 is 0 Å². The van der Waals surface area contributed by atoms with E-state index in [2.05, 4.69) is 22.2 Å². The lowest BCUT2D eigenvalue weighted by molar-refractivity contribution is 0.862. The second-order valence-corrected chi connectivity index (χ2v) is 2.03. The molecule has 0 atom stereocenters. The van der Waals surface area contributed by atoms with Crippen LogP contribution >= 0.6 is 0 Å². The molecule has 4 heteroatoms. The molecule has 1 rings (SSSR count). The Morgan fingerprint density at radius 1 is 1.50 bits per heavy atom. The van der Waals surface area contributed by atoms with Gasteiger partial charge in [0.2, 0.25) is 0 Å². The lowest BCUT2D eigenvalue weighted by Gasteiger charge is -1.92. The van der Waals surface area contributed by atoms with Crippen molar-refractivity contribution >= 4 is 5.71 Å². The summed E-state index contributed by atoms with van der Waals surface area (Å²) in [5.41, 5.74) is 1.07. The first kappa shape index (κ1) is 6.92. The molecule has 0 radical (unpaired) electrons. The van der Waals surface area contributed by atoms with E-state index in [0.29, 0.717) is 0 Å². The van der Waals surface area contributed by atoms with Crippen LogP contribution in [-0.4, -0.2) is 20.6 Å². The van der Waals surface area contributed by atoms with Gasteiger partial charge in [-0.3, -0.25) is 0 Å². The van der Waals surface area contributed by atoms with Crippen LogP contribution < -0.4 is 0 Å². The molecule has 1 aromatic heterocycles. The largest absolute Gasteiger partial charge is 0.208 e. The third-order valence-electron chi connectivity index (χ3n) is 1.20. The summed E-state index contributed by atoms with van der Waals surface area (Å²) in [7, 11) is 0. The summed E-state index contributed by atoms with van der Waals surface area (Å²) in [6.07, 6.45) is 4.09. The van der Waals surface area contributed by atoms with E-state index in [1.807, 2.05) is 6.92 Å². The van der Waals surface area contributed by atoms with Crippen molar-refractivity contribution in [1.82, 2.24) is 14.9 Å². The molecule has 0 aromatic carbocycles. The van der Waals surface area contributed by atoms with Gasteiger partial charge in [0.1, 0.15) is 12.7 Å². The van der Waals surface area contributed by atoms with Crippen molar-refractivity contribution in [3.05, 3.63) is 12.7 Å². The van der Waals surface area contributed by atoms with Crippen molar-refractivity contribution < 1.29 is 0 Å². The normalized spacial score (nSPS) is 12.0. The number of nitrogens with zero attached hydrogens (tertiary/aromatic N) is 4. The van der Waals surface area contributed by atoms with E-state index < -0.39 is 0 Å². The first-order valence-electron chi connectivity index (χ1n) is 3.22. The van der Waals surface area contributed by atoms with Gasteiger partial charge in [0.05, 0.1) is 0 Å². The van der Waals surface area contributed by atoms with Crippen LogP contribution in [0.25, 0.3) is 0 Å². The highest BCUT2D eigenvalue weighted by Crippen LogP contribution is 1.86. The summed E-state index contributed by atoms with van der Waals surface area (Å²) in [5, 5.41) is 11.4. The van der Waals surface area contributed by atoms with Crippen LogP contribution in [-0.2, 0) is 0 Å². The molecule has 0 aliphatic carbocycles. The van der Waals surface area contributed by atoms with Gasteiger partial charge in [0.15, 0.2) is 0 Å². The Bertz CT molecular complexity index is 212. The van der Waals surface area contributed by atoms with Crippen molar-refractivity contribution in [2.24, 2.45) is 5.10 Å². The van der Waals surface area contributed by atoms with E-state index in [1.54, 1.807) is 17.3 Å². The minimum Gasteiger partial charge on any atom is -0.208 e. The summed E-state index contributed by atoms with van der Waals surface area (Å²) in [4.78, 5) is 0. The number of aromatic nitrogens is 3. The van der Waals surface area contributed by atoms with Crippen LogP contribution in [0, 0.1) is 0 Å². The first-order valence-corrected chi connectivity index (χ1v) is 3.22. The zero-order valence-electron chi connectivity index (χ0n) is 6.15. The monoisotopic (exact) mass is 138 g/mol. The smallest absolute Gasteiger partial charge is 0.141 e. The second kappa shape index (κ2) is 3.10. The molecule has 54 valence electrons. The van der Waals surface area contributed by atoms with Gasteiger partial charge in [-0.15, -0.1) is 10.2 Å². The Labute approximate surface area is 59.6 Å². The summed E-state index contributed by atoms with van der Waals surface area (Å²) in [6.45, 7) is 4.03. The van der Waals surface area contributed by atoms with Gasteiger partial charge in [-0.05, 0) is 13.3 Å². The minimum atomic E-state index is 0.957. The fourth-order valence-corrected chi connectivity index (χ4v) is 0.515. The topological polar surface area (TPSA) is 43.1 Å². The maximum Gasteiger partial charge on any atom is 0.141 e. The van der Waals surface area contributed by atoms with E-state index in [-0.39, 0.29) is 0 Å². The standard InChI is InChI=1S/C6H10N4/c1-3-6(2)9-10-4-7-8-5-10/h4-5H,3H2,1-2H3/b9-6-. The molecule has 1 heterocycles. The fraction of sp³-hybridized carbons (Fsp3) is 0.500. The fourth-order valence-electron chi connectivity index (χ4n) is 0.515.